The number of hydrogen-bond donors (Lipinski definition) is 0. The molecule has 3 heteroatoms. The first-order valence-corrected chi connectivity index (χ1v) is 6.57. The molecule has 2 atom stereocenters. The predicted octanol–water partition coefficient (Wildman–Crippen LogP) is 3.05. The highest BCUT2D eigenvalue weighted by Gasteiger charge is 2.46. The summed E-state index contributed by atoms with van der Waals surface area (Å²) in [6.45, 7) is 0. The standard InChI is InChI=1S/C14H13NOS/c1-15-13(10-5-3-2-4-6-10)12(14(15)16)11-7-8-17-9-11/h2-9,12-13H,1H3/t12-,13-/m1/s1. The second-order valence-corrected chi connectivity index (χ2v) is 5.12. The Morgan fingerprint density at radius 3 is 2.53 bits per heavy atom. The van der Waals surface area contributed by atoms with Crippen molar-refractivity contribution in [2.24, 2.45) is 0 Å². The van der Waals surface area contributed by atoms with Gasteiger partial charge in [-0.1, -0.05) is 30.3 Å². The summed E-state index contributed by atoms with van der Waals surface area (Å²) in [4.78, 5) is 13.8. The molecule has 2 heterocycles. The summed E-state index contributed by atoms with van der Waals surface area (Å²) in [6.07, 6.45) is 0. The molecule has 2 aromatic rings. The fourth-order valence-corrected chi connectivity index (χ4v) is 3.17. The lowest BCUT2D eigenvalue weighted by atomic mass is 9.79. The minimum absolute atomic E-state index is 0.00801. The van der Waals surface area contributed by atoms with Crippen LogP contribution >= 0.6 is 11.3 Å². The van der Waals surface area contributed by atoms with Gasteiger partial charge in [-0.3, -0.25) is 4.79 Å². The zero-order valence-corrected chi connectivity index (χ0v) is 10.4. The molecule has 0 unspecified atom stereocenters. The molecule has 0 radical (unpaired) electrons. The van der Waals surface area contributed by atoms with E-state index in [1.165, 1.54) is 5.56 Å². The Morgan fingerprint density at radius 2 is 1.88 bits per heavy atom. The molecule has 3 rings (SSSR count). The highest BCUT2D eigenvalue weighted by molar-refractivity contribution is 7.08. The average Bonchev–Trinajstić information content (AvgIpc) is 2.88. The molecule has 0 bridgehead atoms. The summed E-state index contributed by atoms with van der Waals surface area (Å²) in [5.74, 6) is 0.228. The second kappa shape index (κ2) is 4.00. The van der Waals surface area contributed by atoms with E-state index in [1.807, 2.05) is 35.5 Å². The molecular weight excluding hydrogens is 230 g/mol. The first-order valence-electron chi connectivity index (χ1n) is 5.63. The van der Waals surface area contributed by atoms with Crippen molar-refractivity contribution in [1.82, 2.24) is 4.90 Å². The molecule has 1 saturated heterocycles. The van der Waals surface area contributed by atoms with Crippen molar-refractivity contribution in [1.29, 1.82) is 0 Å². The van der Waals surface area contributed by atoms with Gasteiger partial charge in [0.05, 0.1) is 12.0 Å². The molecular formula is C14H13NOS. The quantitative estimate of drug-likeness (QED) is 0.742. The zero-order chi connectivity index (χ0) is 11.8. The molecule has 1 fully saturated rings. The van der Waals surface area contributed by atoms with Crippen LogP contribution in [0.3, 0.4) is 0 Å². The van der Waals surface area contributed by atoms with Gasteiger partial charge in [-0.2, -0.15) is 11.3 Å². The van der Waals surface area contributed by atoms with Gasteiger partial charge < -0.3 is 4.90 Å². The summed E-state index contributed by atoms with van der Waals surface area (Å²) in [5, 5.41) is 4.11. The summed E-state index contributed by atoms with van der Waals surface area (Å²) in [7, 11) is 1.88. The Morgan fingerprint density at radius 1 is 1.12 bits per heavy atom. The van der Waals surface area contributed by atoms with E-state index in [9.17, 15) is 4.79 Å². The fourth-order valence-electron chi connectivity index (χ4n) is 2.48. The van der Waals surface area contributed by atoms with E-state index < -0.39 is 0 Å². The lowest BCUT2D eigenvalue weighted by Crippen LogP contribution is -2.50. The lowest BCUT2D eigenvalue weighted by Gasteiger charge is -2.45. The smallest absolute Gasteiger partial charge is 0.232 e. The molecule has 0 saturated carbocycles. The Bertz CT molecular complexity index is 520. The van der Waals surface area contributed by atoms with Gasteiger partial charge in [-0.15, -0.1) is 0 Å². The number of likely N-dealkylation sites (N-methyl/N-ethyl adjacent to an activating group) is 1. The largest absolute Gasteiger partial charge is 0.337 e. The van der Waals surface area contributed by atoms with Crippen LogP contribution in [-0.4, -0.2) is 17.9 Å². The molecule has 1 aliphatic heterocycles. The third-order valence-electron chi connectivity index (χ3n) is 3.39. The van der Waals surface area contributed by atoms with Crippen LogP contribution in [0, 0.1) is 0 Å². The van der Waals surface area contributed by atoms with Crippen LogP contribution < -0.4 is 0 Å². The first-order chi connectivity index (χ1) is 8.29. The molecule has 1 aliphatic rings. The Hall–Kier alpha value is -1.61. The van der Waals surface area contributed by atoms with Gasteiger partial charge in [-0.05, 0) is 28.0 Å². The van der Waals surface area contributed by atoms with E-state index in [4.69, 9.17) is 0 Å². The Kier molecular flexibility index (Phi) is 2.48. The van der Waals surface area contributed by atoms with Gasteiger partial charge in [0.1, 0.15) is 0 Å². The monoisotopic (exact) mass is 243 g/mol. The molecule has 1 amide bonds. The highest BCUT2D eigenvalue weighted by atomic mass is 32.1. The van der Waals surface area contributed by atoms with Crippen LogP contribution in [0.1, 0.15) is 23.1 Å². The molecule has 1 aromatic carbocycles. The van der Waals surface area contributed by atoms with Gasteiger partial charge in [0.25, 0.3) is 0 Å². The van der Waals surface area contributed by atoms with Crippen LogP contribution in [0.5, 0.6) is 0 Å². The number of thiophene rings is 1. The van der Waals surface area contributed by atoms with Crippen molar-refractivity contribution in [3.05, 3.63) is 58.3 Å². The molecule has 17 heavy (non-hydrogen) atoms. The SMILES string of the molecule is CN1C(=O)[C@H](c2ccsc2)[C@H]1c1ccccc1. The van der Waals surface area contributed by atoms with E-state index in [2.05, 4.69) is 23.6 Å². The highest BCUT2D eigenvalue weighted by Crippen LogP contribution is 2.45. The van der Waals surface area contributed by atoms with Crippen molar-refractivity contribution in [3.8, 4) is 0 Å². The number of likely N-dealkylation sites (tertiary alicyclic amines) is 1. The van der Waals surface area contributed by atoms with Gasteiger partial charge in [-0.25, -0.2) is 0 Å². The van der Waals surface area contributed by atoms with E-state index in [1.54, 1.807) is 11.3 Å². The van der Waals surface area contributed by atoms with Crippen molar-refractivity contribution >= 4 is 17.2 Å². The van der Waals surface area contributed by atoms with E-state index in [0.717, 1.165) is 5.56 Å². The molecule has 86 valence electrons. The maximum absolute atomic E-state index is 12.0. The van der Waals surface area contributed by atoms with E-state index in [-0.39, 0.29) is 17.9 Å². The van der Waals surface area contributed by atoms with Crippen LogP contribution in [0.2, 0.25) is 0 Å². The van der Waals surface area contributed by atoms with Crippen LogP contribution in [0.15, 0.2) is 47.2 Å². The number of rotatable bonds is 2. The topological polar surface area (TPSA) is 20.3 Å². The molecule has 1 aromatic heterocycles. The van der Waals surface area contributed by atoms with Crippen LogP contribution in [-0.2, 0) is 4.79 Å². The predicted molar refractivity (Wildman–Crippen MR) is 69.0 cm³/mol. The van der Waals surface area contributed by atoms with Crippen molar-refractivity contribution in [2.45, 2.75) is 12.0 Å². The summed E-state index contributed by atoms with van der Waals surface area (Å²) >= 11 is 1.65. The number of carbonyl (C=O) groups excluding carboxylic acids is 1. The van der Waals surface area contributed by atoms with Crippen molar-refractivity contribution in [2.75, 3.05) is 7.05 Å². The first kappa shape index (κ1) is 10.5. The number of β-lactam (4-membered cyclic amide) rings is 1. The Labute approximate surface area is 105 Å². The number of amides is 1. The number of carbonyl (C=O) groups is 1. The van der Waals surface area contributed by atoms with Crippen molar-refractivity contribution < 1.29 is 4.79 Å². The summed E-state index contributed by atoms with van der Waals surface area (Å²) in [6, 6.07) is 12.5. The fraction of sp³-hybridized carbons (Fsp3) is 0.214. The number of hydrogen-bond acceptors (Lipinski definition) is 2. The van der Waals surface area contributed by atoms with Crippen LogP contribution in [0.4, 0.5) is 0 Å². The summed E-state index contributed by atoms with van der Waals surface area (Å²) in [5.41, 5.74) is 2.36. The zero-order valence-electron chi connectivity index (χ0n) is 9.54. The normalized spacial score (nSPS) is 23.6. The number of benzene rings is 1. The van der Waals surface area contributed by atoms with Gasteiger partial charge in [0, 0.05) is 7.05 Å². The maximum Gasteiger partial charge on any atom is 0.232 e. The van der Waals surface area contributed by atoms with Gasteiger partial charge in [0.2, 0.25) is 5.91 Å². The van der Waals surface area contributed by atoms with Gasteiger partial charge >= 0.3 is 0 Å². The number of nitrogens with zero attached hydrogens (tertiary/aromatic N) is 1. The lowest BCUT2D eigenvalue weighted by molar-refractivity contribution is -0.147. The third kappa shape index (κ3) is 1.58. The average molecular weight is 243 g/mol. The molecule has 0 spiro atoms. The Balaban J connectivity index is 1.96. The molecule has 0 N–H and O–H groups in total. The maximum atomic E-state index is 12.0. The molecule has 0 aliphatic carbocycles. The minimum atomic E-state index is 0.00801. The summed E-state index contributed by atoms with van der Waals surface area (Å²) < 4.78 is 0. The van der Waals surface area contributed by atoms with Crippen LogP contribution in [0.25, 0.3) is 0 Å². The van der Waals surface area contributed by atoms with E-state index in [0.29, 0.717) is 0 Å². The molecule has 2 nitrogen and oxygen atoms in total. The van der Waals surface area contributed by atoms with Gasteiger partial charge in [0.15, 0.2) is 0 Å². The second-order valence-electron chi connectivity index (χ2n) is 4.34. The van der Waals surface area contributed by atoms with Crippen molar-refractivity contribution in [3.63, 3.8) is 0 Å². The minimum Gasteiger partial charge on any atom is -0.337 e. The van der Waals surface area contributed by atoms with E-state index >= 15 is 0 Å². The third-order valence-corrected chi connectivity index (χ3v) is 4.09.